The number of carbonyl (C=O) groups is 1. The average Bonchev–Trinajstić information content (AvgIpc) is 3.22. The molecule has 2 fully saturated rings. The summed E-state index contributed by atoms with van der Waals surface area (Å²) in [7, 11) is 0. The van der Waals surface area contributed by atoms with Gasteiger partial charge in [-0.3, -0.25) is 14.5 Å². The molecule has 2 aliphatic heterocycles. The van der Waals surface area contributed by atoms with Crippen molar-refractivity contribution in [2.45, 2.75) is 38.0 Å². The first-order valence-corrected chi connectivity index (χ1v) is 8.92. The highest BCUT2D eigenvalue weighted by atomic mass is 16.6. The van der Waals surface area contributed by atoms with Gasteiger partial charge >= 0.3 is 0 Å². The molecule has 2 saturated heterocycles. The first-order valence-electron chi connectivity index (χ1n) is 8.92. The molecule has 0 radical (unpaired) electrons. The van der Waals surface area contributed by atoms with E-state index < -0.39 is 5.60 Å². The van der Waals surface area contributed by atoms with Gasteiger partial charge in [0.05, 0.1) is 38.0 Å². The Morgan fingerprint density at radius 3 is 3.12 bits per heavy atom. The lowest BCUT2D eigenvalue weighted by atomic mass is 9.99. The summed E-state index contributed by atoms with van der Waals surface area (Å²) in [5.41, 5.74) is 1.13. The molecule has 4 rings (SSSR count). The molecule has 1 amide bonds. The number of hydrogen-bond acceptors (Lipinski definition) is 6. The van der Waals surface area contributed by atoms with Crippen LogP contribution >= 0.6 is 0 Å². The lowest BCUT2D eigenvalue weighted by Gasteiger charge is -2.32. The lowest BCUT2D eigenvalue weighted by molar-refractivity contribution is -0.0881. The minimum Gasteiger partial charge on any atom is -0.377 e. The Balaban J connectivity index is 1.46. The summed E-state index contributed by atoms with van der Waals surface area (Å²) in [6.45, 7) is 4.73. The van der Waals surface area contributed by atoms with E-state index in [2.05, 4.69) is 15.1 Å². The average molecular weight is 357 g/mol. The molecule has 2 aromatic heterocycles. The van der Waals surface area contributed by atoms with E-state index in [9.17, 15) is 4.79 Å². The second-order valence-corrected chi connectivity index (χ2v) is 7.11. The monoisotopic (exact) mass is 357 g/mol. The summed E-state index contributed by atoms with van der Waals surface area (Å²) in [5.74, 6) is -0.0191. The number of ether oxygens (including phenoxy) is 2. The number of nitrogens with zero attached hydrogens (tertiary/aromatic N) is 5. The molecule has 2 atom stereocenters. The highest BCUT2D eigenvalue weighted by Crippen LogP contribution is 2.34. The quantitative estimate of drug-likeness (QED) is 0.817. The van der Waals surface area contributed by atoms with Crippen LogP contribution in [0.2, 0.25) is 0 Å². The number of carbonyl (C=O) groups excluding carboxylic acids is 1. The highest BCUT2D eigenvalue weighted by molar-refractivity contribution is 5.94. The summed E-state index contributed by atoms with van der Waals surface area (Å²) in [5, 5.41) is 4.15. The smallest absolute Gasteiger partial charge is 0.255 e. The van der Waals surface area contributed by atoms with Gasteiger partial charge in [0, 0.05) is 18.9 Å². The van der Waals surface area contributed by atoms with Gasteiger partial charge in [0.1, 0.15) is 18.3 Å². The minimum atomic E-state index is -0.450. The van der Waals surface area contributed by atoms with E-state index in [1.807, 2.05) is 17.9 Å². The van der Waals surface area contributed by atoms with Crippen molar-refractivity contribution in [1.29, 1.82) is 0 Å². The lowest BCUT2D eigenvalue weighted by Crippen LogP contribution is -2.46. The predicted molar refractivity (Wildman–Crippen MR) is 92.6 cm³/mol. The molecule has 0 N–H and O–H groups in total. The van der Waals surface area contributed by atoms with Gasteiger partial charge in [-0.15, -0.1) is 0 Å². The fraction of sp³-hybridized carbons (Fsp3) is 0.556. The largest absolute Gasteiger partial charge is 0.377 e. The third-order valence-electron chi connectivity index (χ3n) is 4.95. The number of pyridine rings is 1. The topological polar surface area (TPSA) is 82.4 Å². The van der Waals surface area contributed by atoms with E-state index in [0.29, 0.717) is 38.4 Å². The van der Waals surface area contributed by atoms with Crippen molar-refractivity contribution in [2.24, 2.45) is 0 Å². The Labute approximate surface area is 152 Å². The van der Waals surface area contributed by atoms with Crippen LogP contribution in [0.1, 0.15) is 28.8 Å². The van der Waals surface area contributed by atoms with Crippen molar-refractivity contribution >= 4 is 5.91 Å². The maximum absolute atomic E-state index is 12.9. The predicted octanol–water partition coefficient (Wildman–Crippen LogP) is 1.07. The number of amides is 1. The Hall–Kier alpha value is -2.32. The number of aryl methyl sites for hydroxylation is 1. The Morgan fingerprint density at radius 2 is 2.31 bits per heavy atom. The van der Waals surface area contributed by atoms with Gasteiger partial charge in [-0.25, -0.2) is 4.98 Å². The number of aromatic nitrogens is 4. The van der Waals surface area contributed by atoms with Crippen LogP contribution in [0.15, 0.2) is 31.1 Å². The summed E-state index contributed by atoms with van der Waals surface area (Å²) in [4.78, 5) is 22.9. The fourth-order valence-corrected chi connectivity index (χ4v) is 3.72. The zero-order chi connectivity index (χ0) is 18.0. The normalized spacial score (nSPS) is 26.2. The molecule has 26 heavy (non-hydrogen) atoms. The van der Waals surface area contributed by atoms with Crippen LogP contribution in [0.25, 0.3) is 0 Å². The Bertz CT molecular complexity index is 766. The molecule has 2 aromatic rings. The zero-order valence-corrected chi connectivity index (χ0v) is 14.9. The van der Waals surface area contributed by atoms with Crippen molar-refractivity contribution in [3.05, 3.63) is 42.2 Å². The first-order chi connectivity index (χ1) is 12.6. The maximum Gasteiger partial charge on any atom is 0.255 e. The molecule has 138 valence electrons. The van der Waals surface area contributed by atoms with Crippen LogP contribution < -0.4 is 0 Å². The van der Waals surface area contributed by atoms with Crippen molar-refractivity contribution in [2.75, 3.05) is 26.3 Å². The van der Waals surface area contributed by atoms with Gasteiger partial charge in [0.2, 0.25) is 0 Å². The molecule has 4 heterocycles. The molecule has 8 nitrogen and oxygen atoms in total. The first kappa shape index (κ1) is 17.1. The van der Waals surface area contributed by atoms with E-state index in [1.165, 1.54) is 6.33 Å². The minimum absolute atomic E-state index is 0.0191. The summed E-state index contributed by atoms with van der Waals surface area (Å²) in [6, 6.07) is 1.87. The third-order valence-corrected chi connectivity index (χ3v) is 4.95. The summed E-state index contributed by atoms with van der Waals surface area (Å²) in [6.07, 6.45) is 8.42. The third kappa shape index (κ3) is 3.61. The van der Waals surface area contributed by atoms with Gasteiger partial charge in [-0.1, -0.05) is 0 Å². The maximum atomic E-state index is 12.9. The SMILES string of the molecule is Cc1cncc(C(=O)N2CCOCC3(CCC(Cn4cncn4)O3)C2)c1. The highest BCUT2D eigenvalue weighted by Gasteiger charge is 2.44. The van der Waals surface area contributed by atoms with E-state index in [4.69, 9.17) is 9.47 Å². The van der Waals surface area contributed by atoms with Crippen LogP contribution in [-0.4, -0.2) is 68.6 Å². The molecule has 0 bridgehead atoms. The zero-order valence-electron chi connectivity index (χ0n) is 14.9. The van der Waals surface area contributed by atoms with E-state index >= 15 is 0 Å². The van der Waals surface area contributed by atoms with Gasteiger partial charge in [-0.05, 0) is 31.4 Å². The van der Waals surface area contributed by atoms with Crippen molar-refractivity contribution in [1.82, 2.24) is 24.6 Å². The molecular formula is C18H23N5O3. The number of hydrogen-bond donors (Lipinski definition) is 0. The van der Waals surface area contributed by atoms with Crippen LogP contribution in [0.5, 0.6) is 0 Å². The molecular weight excluding hydrogens is 334 g/mol. The van der Waals surface area contributed by atoms with Crippen LogP contribution in [0.3, 0.4) is 0 Å². The van der Waals surface area contributed by atoms with E-state index in [1.54, 1.807) is 23.4 Å². The molecule has 8 heteroatoms. The van der Waals surface area contributed by atoms with Gasteiger partial charge in [0.25, 0.3) is 5.91 Å². The molecule has 2 aliphatic rings. The van der Waals surface area contributed by atoms with Gasteiger partial charge in [0.15, 0.2) is 0 Å². The van der Waals surface area contributed by atoms with Gasteiger partial charge in [-0.2, -0.15) is 5.10 Å². The van der Waals surface area contributed by atoms with E-state index in [0.717, 1.165) is 18.4 Å². The van der Waals surface area contributed by atoms with Crippen LogP contribution in [-0.2, 0) is 16.0 Å². The van der Waals surface area contributed by atoms with Crippen molar-refractivity contribution in [3.8, 4) is 0 Å². The fourth-order valence-electron chi connectivity index (χ4n) is 3.72. The summed E-state index contributed by atoms with van der Waals surface area (Å²) < 4.78 is 13.9. The second kappa shape index (κ2) is 7.13. The summed E-state index contributed by atoms with van der Waals surface area (Å²) >= 11 is 0. The van der Waals surface area contributed by atoms with Gasteiger partial charge < -0.3 is 14.4 Å². The molecule has 2 unspecified atom stereocenters. The van der Waals surface area contributed by atoms with Crippen molar-refractivity contribution < 1.29 is 14.3 Å². The standard InChI is InChI=1S/C18H23N5O3/c1-14-6-15(8-19-7-14)17(24)22-4-5-25-11-18(10-22)3-2-16(26-18)9-23-13-20-12-21-23/h6-8,12-13,16H,2-5,9-11H2,1H3. The molecule has 0 saturated carbocycles. The van der Waals surface area contributed by atoms with Crippen LogP contribution in [0, 0.1) is 6.92 Å². The van der Waals surface area contributed by atoms with E-state index in [-0.39, 0.29) is 12.0 Å². The molecule has 1 spiro atoms. The van der Waals surface area contributed by atoms with Crippen molar-refractivity contribution in [3.63, 3.8) is 0 Å². The molecule has 0 aromatic carbocycles. The van der Waals surface area contributed by atoms with Crippen LogP contribution in [0.4, 0.5) is 0 Å². The Kier molecular flexibility index (Phi) is 4.69. The molecule has 0 aliphatic carbocycles. The Morgan fingerprint density at radius 1 is 1.38 bits per heavy atom. The number of rotatable bonds is 3. The second-order valence-electron chi connectivity index (χ2n) is 7.11.